The number of piperidine rings is 1. The van der Waals surface area contributed by atoms with E-state index in [0.717, 1.165) is 11.5 Å². The number of ether oxygens (including phenoxy) is 1. The predicted molar refractivity (Wildman–Crippen MR) is 96.0 cm³/mol. The van der Waals surface area contributed by atoms with Crippen molar-refractivity contribution in [2.45, 2.75) is 46.1 Å². The molecule has 1 fully saturated rings. The van der Waals surface area contributed by atoms with Crippen LogP contribution in [0.4, 0.5) is 0 Å². The second kappa shape index (κ2) is 10.8. The third-order valence-corrected chi connectivity index (χ3v) is 3.94. The molecule has 1 aromatic carbocycles. The first kappa shape index (κ1) is 20.2. The van der Waals surface area contributed by atoms with E-state index in [1.807, 2.05) is 19.1 Å². The molecule has 0 bridgehead atoms. The lowest BCUT2D eigenvalue weighted by Gasteiger charge is -2.17. The Morgan fingerprint density at radius 1 is 1.33 bits per heavy atom. The number of hydrogen-bond donors (Lipinski definition) is 2. The maximum Gasteiger partial charge on any atom is 0.307 e. The minimum Gasteiger partial charge on any atom is -0.469 e. The van der Waals surface area contributed by atoms with E-state index in [2.05, 4.69) is 22.3 Å². The fourth-order valence-electron chi connectivity index (χ4n) is 2.42. The summed E-state index contributed by atoms with van der Waals surface area (Å²) in [7, 11) is 1.33. The van der Waals surface area contributed by atoms with E-state index >= 15 is 0 Å². The molecule has 1 amide bonds. The molecule has 1 aromatic rings. The van der Waals surface area contributed by atoms with Crippen LogP contribution in [0, 0.1) is 12.8 Å². The summed E-state index contributed by atoms with van der Waals surface area (Å²) in [5, 5.41) is 6.08. The van der Waals surface area contributed by atoms with E-state index in [1.165, 1.54) is 33.0 Å². The Labute approximate surface area is 145 Å². The number of rotatable bonds is 4. The molecule has 0 saturated carbocycles. The molecule has 0 spiro atoms. The van der Waals surface area contributed by atoms with Crippen molar-refractivity contribution in [3.05, 3.63) is 35.4 Å². The molecule has 1 heterocycles. The van der Waals surface area contributed by atoms with Crippen molar-refractivity contribution < 1.29 is 14.3 Å². The Kier molecular flexibility index (Phi) is 9.08. The third-order valence-electron chi connectivity index (χ3n) is 3.94. The topological polar surface area (TPSA) is 67.4 Å². The maximum absolute atomic E-state index is 11.8. The number of amides is 1. The molecule has 2 unspecified atom stereocenters. The largest absolute Gasteiger partial charge is 0.469 e. The van der Waals surface area contributed by atoms with E-state index in [4.69, 9.17) is 0 Å². The quantitative estimate of drug-likeness (QED) is 0.831. The monoisotopic (exact) mass is 334 g/mol. The van der Waals surface area contributed by atoms with Crippen LogP contribution in [-0.2, 0) is 9.53 Å². The van der Waals surface area contributed by atoms with Crippen LogP contribution in [0.2, 0.25) is 0 Å². The van der Waals surface area contributed by atoms with Crippen LogP contribution in [0.5, 0.6) is 0 Å². The van der Waals surface area contributed by atoms with Crippen molar-refractivity contribution in [3.63, 3.8) is 0 Å². The van der Waals surface area contributed by atoms with E-state index in [-0.39, 0.29) is 24.3 Å². The molecule has 5 nitrogen and oxygen atoms in total. The summed E-state index contributed by atoms with van der Waals surface area (Å²) in [6, 6.07) is 7.03. The summed E-state index contributed by atoms with van der Waals surface area (Å²) in [6.45, 7) is 8.50. The van der Waals surface area contributed by atoms with Gasteiger partial charge in [-0.1, -0.05) is 24.6 Å². The molecule has 0 aromatic heterocycles. The van der Waals surface area contributed by atoms with Gasteiger partial charge in [0.05, 0.1) is 13.5 Å². The van der Waals surface area contributed by atoms with E-state index in [0.29, 0.717) is 5.56 Å². The first-order valence-corrected chi connectivity index (χ1v) is 8.57. The van der Waals surface area contributed by atoms with Crippen LogP contribution in [0.3, 0.4) is 0 Å². The summed E-state index contributed by atoms with van der Waals surface area (Å²) < 4.78 is 4.53. The van der Waals surface area contributed by atoms with Crippen LogP contribution >= 0.6 is 0 Å². The average Bonchev–Trinajstić information content (AvgIpc) is 2.56. The van der Waals surface area contributed by atoms with Gasteiger partial charge in [-0.15, -0.1) is 0 Å². The summed E-state index contributed by atoms with van der Waals surface area (Å²) in [5.41, 5.74) is 1.69. The van der Waals surface area contributed by atoms with Crippen LogP contribution in [-0.4, -0.2) is 38.1 Å². The first-order valence-electron chi connectivity index (χ1n) is 8.57. The highest BCUT2D eigenvalue weighted by atomic mass is 16.5. The molecule has 5 heteroatoms. The van der Waals surface area contributed by atoms with Gasteiger partial charge in [-0.3, -0.25) is 9.59 Å². The number of carbonyl (C=O) groups is 2. The standard InChI is InChI=1S/C13H17NO3.C6H13N/c1-9-4-6-11(7-5-9)13(16)14-10(2)8-12(15)17-3;1-6-3-2-4-7-5-6/h4-7,10H,8H2,1-3H3,(H,14,16);6-7H,2-5H2,1H3. The van der Waals surface area contributed by atoms with Gasteiger partial charge in [-0.05, 0) is 57.8 Å². The normalized spacial score (nSPS) is 17.9. The lowest BCUT2D eigenvalue weighted by atomic mass is 10.0. The van der Waals surface area contributed by atoms with Gasteiger partial charge >= 0.3 is 5.97 Å². The Bertz CT molecular complexity index is 508. The molecule has 1 saturated heterocycles. The second-order valence-corrected chi connectivity index (χ2v) is 6.47. The molecule has 1 aliphatic heterocycles. The van der Waals surface area contributed by atoms with Crippen LogP contribution < -0.4 is 10.6 Å². The van der Waals surface area contributed by atoms with E-state index in [9.17, 15) is 9.59 Å². The van der Waals surface area contributed by atoms with Gasteiger partial charge in [0.25, 0.3) is 5.91 Å². The van der Waals surface area contributed by atoms with Gasteiger partial charge in [-0.2, -0.15) is 0 Å². The van der Waals surface area contributed by atoms with Gasteiger partial charge < -0.3 is 15.4 Å². The lowest BCUT2D eigenvalue weighted by molar-refractivity contribution is -0.141. The Morgan fingerprint density at radius 2 is 2.00 bits per heavy atom. The lowest BCUT2D eigenvalue weighted by Crippen LogP contribution is -2.34. The third kappa shape index (κ3) is 8.11. The van der Waals surface area contributed by atoms with E-state index < -0.39 is 0 Å². The Morgan fingerprint density at radius 3 is 2.46 bits per heavy atom. The van der Waals surface area contributed by atoms with Crippen molar-refractivity contribution in [3.8, 4) is 0 Å². The zero-order valence-electron chi connectivity index (χ0n) is 15.2. The average molecular weight is 334 g/mol. The molecule has 24 heavy (non-hydrogen) atoms. The first-order chi connectivity index (χ1) is 11.4. The van der Waals surface area contributed by atoms with Gasteiger partial charge in [0.15, 0.2) is 0 Å². The smallest absolute Gasteiger partial charge is 0.307 e. The minimum absolute atomic E-state index is 0.175. The van der Waals surface area contributed by atoms with Gasteiger partial charge in [0, 0.05) is 11.6 Å². The highest BCUT2D eigenvalue weighted by Crippen LogP contribution is 2.06. The SMILES string of the molecule is CC1CCCNC1.COC(=O)CC(C)NC(=O)c1ccc(C)cc1. The number of nitrogens with one attached hydrogen (secondary N) is 2. The fourth-order valence-corrected chi connectivity index (χ4v) is 2.42. The summed E-state index contributed by atoms with van der Waals surface area (Å²) in [5.74, 6) is 0.414. The highest BCUT2D eigenvalue weighted by Gasteiger charge is 2.13. The molecule has 0 radical (unpaired) electrons. The van der Waals surface area contributed by atoms with Crippen molar-refractivity contribution in [1.29, 1.82) is 0 Å². The van der Waals surface area contributed by atoms with Crippen molar-refractivity contribution in [2.75, 3.05) is 20.2 Å². The zero-order chi connectivity index (χ0) is 17.9. The number of aryl methyl sites for hydroxylation is 1. The number of esters is 1. The van der Waals surface area contributed by atoms with Crippen molar-refractivity contribution >= 4 is 11.9 Å². The van der Waals surface area contributed by atoms with Crippen LogP contribution in [0.1, 0.15) is 49.0 Å². The summed E-state index contributed by atoms with van der Waals surface area (Å²) >= 11 is 0. The Balaban J connectivity index is 0.000000341. The van der Waals surface area contributed by atoms with E-state index in [1.54, 1.807) is 19.1 Å². The van der Waals surface area contributed by atoms with Crippen LogP contribution in [0.25, 0.3) is 0 Å². The number of carbonyl (C=O) groups excluding carboxylic acids is 2. The second-order valence-electron chi connectivity index (χ2n) is 6.47. The minimum atomic E-state index is -0.332. The molecule has 2 N–H and O–H groups in total. The summed E-state index contributed by atoms with van der Waals surface area (Å²) in [4.78, 5) is 22.8. The molecular formula is C19H30N2O3. The van der Waals surface area contributed by atoms with Gasteiger partial charge in [0.1, 0.15) is 0 Å². The zero-order valence-corrected chi connectivity index (χ0v) is 15.2. The summed E-state index contributed by atoms with van der Waals surface area (Å²) in [6.07, 6.45) is 2.97. The molecule has 134 valence electrons. The molecule has 2 atom stereocenters. The van der Waals surface area contributed by atoms with Gasteiger partial charge in [-0.25, -0.2) is 0 Å². The maximum atomic E-state index is 11.8. The van der Waals surface area contributed by atoms with Crippen molar-refractivity contribution in [2.24, 2.45) is 5.92 Å². The number of hydrogen-bond acceptors (Lipinski definition) is 4. The fraction of sp³-hybridized carbons (Fsp3) is 0.579. The molecule has 1 aliphatic rings. The molecule has 0 aliphatic carbocycles. The van der Waals surface area contributed by atoms with Crippen molar-refractivity contribution in [1.82, 2.24) is 10.6 Å². The van der Waals surface area contributed by atoms with Crippen LogP contribution in [0.15, 0.2) is 24.3 Å². The highest BCUT2D eigenvalue weighted by molar-refractivity contribution is 5.94. The molecule has 2 rings (SSSR count). The Hall–Kier alpha value is -1.88. The number of benzene rings is 1. The molecular weight excluding hydrogens is 304 g/mol. The number of methoxy groups -OCH3 is 1. The predicted octanol–water partition coefficient (Wildman–Crippen LogP) is 2.68. The van der Waals surface area contributed by atoms with Gasteiger partial charge in [0.2, 0.25) is 0 Å².